The molecule has 0 aromatic rings. The van der Waals surface area contributed by atoms with Crippen molar-refractivity contribution in [2.24, 2.45) is 11.8 Å². The van der Waals surface area contributed by atoms with Gasteiger partial charge in [-0.15, -0.1) is 0 Å². The molecule has 0 aliphatic carbocycles. The topological polar surface area (TPSA) is 26.3 Å². The summed E-state index contributed by atoms with van der Waals surface area (Å²) in [5, 5.41) is 0. The summed E-state index contributed by atoms with van der Waals surface area (Å²) in [6.45, 7) is 8.72. The maximum absolute atomic E-state index is 11.2. The molecule has 1 atom stereocenters. The molecule has 72 valence electrons. The molecule has 0 aromatic carbocycles. The van der Waals surface area contributed by atoms with Crippen molar-refractivity contribution >= 4 is 5.97 Å². The van der Waals surface area contributed by atoms with Crippen LogP contribution in [-0.2, 0) is 9.53 Å². The zero-order valence-electron chi connectivity index (χ0n) is 8.59. The van der Waals surface area contributed by atoms with Gasteiger partial charge in [-0.2, -0.15) is 0 Å². The fourth-order valence-electron chi connectivity index (χ4n) is 1.15. The highest BCUT2D eigenvalue weighted by Gasteiger charge is 2.14. The van der Waals surface area contributed by atoms with Gasteiger partial charge in [-0.25, -0.2) is 0 Å². The van der Waals surface area contributed by atoms with E-state index in [1.807, 2.05) is 13.8 Å². The molecule has 0 bridgehead atoms. The van der Waals surface area contributed by atoms with Gasteiger partial charge >= 0.3 is 5.97 Å². The largest absolute Gasteiger partial charge is 0.465 e. The first-order valence-electron chi connectivity index (χ1n) is 4.74. The van der Waals surface area contributed by atoms with E-state index in [0.717, 1.165) is 12.8 Å². The number of hydrogen-bond donors (Lipinski definition) is 0. The minimum Gasteiger partial charge on any atom is -0.465 e. The van der Waals surface area contributed by atoms with Crippen molar-refractivity contribution in [1.82, 2.24) is 0 Å². The predicted octanol–water partition coefficient (Wildman–Crippen LogP) is 2.62. The van der Waals surface area contributed by atoms with Crippen LogP contribution in [0.1, 0.15) is 40.5 Å². The number of esters is 1. The molecule has 12 heavy (non-hydrogen) atoms. The van der Waals surface area contributed by atoms with E-state index in [1.54, 1.807) is 0 Å². The number of hydrogen-bond acceptors (Lipinski definition) is 2. The molecule has 0 amide bonds. The Labute approximate surface area is 75.3 Å². The lowest BCUT2D eigenvalue weighted by Crippen LogP contribution is -2.16. The van der Waals surface area contributed by atoms with Crippen molar-refractivity contribution in [3.8, 4) is 0 Å². The van der Waals surface area contributed by atoms with Crippen molar-refractivity contribution in [3.63, 3.8) is 0 Å². The Morgan fingerprint density at radius 1 is 1.33 bits per heavy atom. The van der Waals surface area contributed by atoms with Crippen molar-refractivity contribution < 1.29 is 9.53 Å². The summed E-state index contributed by atoms with van der Waals surface area (Å²) in [6.07, 6.45) is 1.82. The van der Waals surface area contributed by atoms with Crippen LogP contribution in [0.3, 0.4) is 0 Å². The van der Waals surface area contributed by atoms with Crippen molar-refractivity contribution in [3.05, 3.63) is 0 Å². The molecular formula is C10H20O2. The molecular weight excluding hydrogens is 152 g/mol. The highest BCUT2D eigenvalue weighted by molar-refractivity contribution is 5.71. The second-order valence-corrected chi connectivity index (χ2v) is 3.70. The number of ether oxygens (including phenoxy) is 1. The van der Waals surface area contributed by atoms with Crippen LogP contribution in [0.2, 0.25) is 0 Å². The lowest BCUT2D eigenvalue weighted by molar-refractivity contribution is -0.148. The van der Waals surface area contributed by atoms with Gasteiger partial charge in [-0.3, -0.25) is 4.79 Å². The normalized spacial score (nSPS) is 13.1. The van der Waals surface area contributed by atoms with E-state index in [9.17, 15) is 4.79 Å². The molecule has 0 saturated carbocycles. The third kappa shape index (κ3) is 5.16. The van der Waals surface area contributed by atoms with E-state index in [2.05, 4.69) is 13.8 Å². The predicted molar refractivity (Wildman–Crippen MR) is 49.9 cm³/mol. The lowest BCUT2D eigenvalue weighted by Gasteiger charge is -2.12. The number of carbonyl (C=O) groups excluding carboxylic acids is 1. The van der Waals surface area contributed by atoms with E-state index in [-0.39, 0.29) is 11.9 Å². The first kappa shape index (κ1) is 11.5. The SMILES string of the molecule is CCCOC(=O)C(C)CC(C)C. The Hall–Kier alpha value is -0.530. The van der Waals surface area contributed by atoms with Gasteiger partial charge in [0.2, 0.25) is 0 Å². The summed E-state index contributed by atoms with van der Waals surface area (Å²) < 4.78 is 5.01. The summed E-state index contributed by atoms with van der Waals surface area (Å²) in [7, 11) is 0. The molecule has 0 N–H and O–H groups in total. The molecule has 0 aliphatic rings. The third-order valence-electron chi connectivity index (χ3n) is 1.68. The molecule has 0 heterocycles. The van der Waals surface area contributed by atoms with Gasteiger partial charge in [0.1, 0.15) is 0 Å². The second-order valence-electron chi connectivity index (χ2n) is 3.70. The van der Waals surface area contributed by atoms with E-state index in [1.165, 1.54) is 0 Å². The Morgan fingerprint density at radius 3 is 2.33 bits per heavy atom. The fraction of sp³-hybridized carbons (Fsp3) is 0.900. The van der Waals surface area contributed by atoms with E-state index in [4.69, 9.17) is 4.74 Å². The first-order valence-corrected chi connectivity index (χ1v) is 4.74. The van der Waals surface area contributed by atoms with E-state index in [0.29, 0.717) is 12.5 Å². The number of rotatable bonds is 5. The van der Waals surface area contributed by atoms with Crippen LogP contribution in [0.5, 0.6) is 0 Å². The van der Waals surface area contributed by atoms with Gasteiger partial charge < -0.3 is 4.74 Å². The van der Waals surface area contributed by atoms with E-state index < -0.39 is 0 Å². The zero-order valence-corrected chi connectivity index (χ0v) is 8.59. The highest BCUT2D eigenvalue weighted by Crippen LogP contribution is 2.12. The van der Waals surface area contributed by atoms with Crippen LogP contribution in [0.25, 0.3) is 0 Å². The third-order valence-corrected chi connectivity index (χ3v) is 1.68. The minimum absolute atomic E-state index is 0.0504. The Balaban J connectivity index is 3.61. The van der Waals surface area contributed by atoms with Crippen molar-refractivity contribution in [2.75, 3.05) is 6.61 Å². The van der Waals surface area contributed by atoms with Crippen LogP contribution in [0, 0.1) is 11.8 Å². The Kier molecular flexibility index (Phi) is 5.77. The average molecular weight is 172 g/mol. The van der Waals surface area contributed by atoms with Gasteiger partial charge in [0, 0.05) is 0 Å². The van der Waals surface area contributed by atoms with Gasteiger partial charge in [-0.05, 0) is 18.8 Å². The van der Waals surface area contributed by atoms with Gasteiger partial charge in [0.05, 0.1) is 12.5 Å². The molecule has 1 unspecified atom stereocenters. The lowest BCUT2D eigenvalue weighted by atomic mass is 9.99. The zero-order chi connectivity index (χ0) is 9.56. The molecule has 0 aliphatic heterocycles. The maximum Gasteiger partial charge on any atom is 0.308 e. The molecule has 0 aromatic heterocycles. The maximum atomic E-state index is 11.2. The monoisotopic (exact) mass is 172 g/mol. The summed E-state index contributed by atoms with van der Waals surface area (Å²) in [6, 6.07) is 0. The summed E-state index contributed by atoms with van der Waals surface area (Å²) in [4.78, 5) is 11.2. The molecule has 0 rings (SSSR count). The Morgan fingerprint density at radius 2 is 1.92 bits per heavy atom. The minimum atomic E-state index is -0.0504. The summed E-state index contributed by atoms with van der Waals surface area (Å²) in [5.41, 5.74) is 0. The van der Waals surface area contributed by atoms with Gasteiger partial charge in [-0.1, -0.05) is 27.7 Å². The molecule has 2 nitrogen and oxygen atoms in total. The van der Waals surface area contributed by atoms with E-state index >= 15 is 0 Å². The average Bonchev–Trinajstić information content (AvgIpc) is 1.98. The van der Waals surface area contributed by atoms with Crippen LogP contribution in [0.4, 0.5) is 0 Å². The van der Waals surface area contributed by atoms with Crippen LogP contribution in [-0.4, -0.2) is 12.6 Å². The smallest absolute Gasteiger partial charge is 0.308 e. The van der Waals surface area contributed by atoms with Crippen LogP contribution >= 0.6 is 0 Å². The van der Waals surface area contributed by atoms with Crippen molar-refractivity contribution in [1.29, 1.82) is 0 Å². The summed E-state index contributed by atoms with van der Waals surface area (Å²) >= 11 is 0. The summed E-state index contributed by atoms with van der Waals surface area (Å²) in [5.74, 6) is 0.566. The molecule has 0 fully saturated rings. The highest BCUT2D eigenvalue weighted by atomic mass is 16.5. The molecule has 0 spiro atoms. The van der Waals surface area contributed by atoms with Gasteiger partial charge in [0.15, 0.2) is 0 Å². The molecule has 0 saturated heterocycles. The van der Waals surface area contributed by atoms with Crippen molar-refractivity contribution in [2.45, 2.75) is 40.5 Å². The van der Waals surface area contributed by atoms with Crippen LogP contribution < -0.4 is 0 Å². The standard InChI is InChI=1S/C10H20O2/c1-5-6-12-10(11)9(4)7-8(2)3/h8-9H,5-7H2,1-4H3. The number of carbonyl (C=O) groups is 1. The quantitative estimate of drug-likeness (QED) is 0.596. The molecule has 2 heteroatoms. The Bertz CT molecular complexity index is 130. The van der Waals surface area contributed by atoms with Crippen LogP contribution in [0.15, 0.2) is 0 Å². The first-order chi connectivity index (χ1) is 5.57. The van der Waals surface area contributed by atoms with Gasteiger partial charge in [0.25, 0.3) is 0 Å². The second kappa shape index (κ2) is 6.04. The fourth-order valence-corrected chi connectivity index (χ4v) is 1.15. The molecule has 0 radical (unpaired) electrons.